The Labute approximate surface area is 122 Å². The number of hydrogen-bond acceptors (Lipinski definition) is 4. The van der Waals surface area contributed by atoms with Crippen molar-refractivity contribution in [3.05, 3.63) is 39.4 Å². The number of alkyl halides is 1. The Kier molecular flexibility index (Phi) is 6.41. The number of hydrogen-bond donors (Lipinski definition) is 0. The van der Waals surface area contributed by atoms with E-state index in [9.17, 15) is 14.9 Å². The van der Waals surface area contributed by atoms with E-state index in [4.69, 9.17) is 16.3 Å². The van der Waals surface area contributed by atoms with Crippen LogP contribution in [0.1, 0.15) is 15.9 Å². The highest BCUT2D eigenvalue weighted by Crippen LogP contribution is 2.19. The smallest absolute Gasteiger partial charge is 0.272 e. The van der Waals surface area contributed by atoms with Gasteiger partial charge in [0.1, 0.15) is 0 Å². The van der Waals surface area contributed by atoms with Crippen LogP contribution in [0.15, 0.2) is 18.2 Å². The molecular weight excluding hydrogens is 284 g/mol. The molecule has 0 unspecified atom stereocenters. The van der Waals surface area contributed by atoms with Crippen molar-refractivity contribution in [2.75, 3.05) is 32.7 Å². The molecular formula is C13H17ClN2O4. The van der Waals surface area contributed by atoms with Crippen molar-refractivity contribution in [2.45, 2.75) is 6.92 Å². The van der Waals surface area contributed by atoms with Crippen LogP contribution < -0.4 is 0 Å². The zero-order valence-electron chi connectivity index (χ0n) is 11.5. The molecule has 0 radical (unpaired) electrons. The minimum atomic E-state index is -0.467. The maximum Gasteiger partial charge on any atom is 0.272 e. The second-order valence-electron chi connectivity index (χ2n) is 4.23. The number of nitro benzene ring substituents is 1. The van der Waals surface area contributed by atoms with Crippen LogP contribution in [0.25, 0.3) is 0 Å². The summed E-state index contributed by atoms with van der Waals surface area (Å²) in [7, 11) is 1.55. The quantitative estimate of drug-likeness (QED) is 0.440. The molecule has 0 aliphatic rings. The summed E-state index contributed by atoms with van der Waals surface area (Å²) in [4.78, 5) is 24.2. The lowest BCUT2D eigenvalue weighted by Crippen LogP contribution is -2.35. The van der Waals surface area contributed by atoms with E-state index in [1.165, 1.54) is 18.2 Å². The summed E-state index contributed by atoms with van der Waals surface area (Å²) < 4.78 is 4.95. The van der Waals surface area contributed by atoms with Crippen molar-refractivity contribution in [1.29, 1.82) is 0 Å². The fraction of sp³-hybridized carbons (Fsp3) is 0.462. The Morgan fingerprint density at radius 3 is 2.65 bits per heavy atom. The fourth-order valence-electron chi connectivity index (χ4n) is 1.79. The topological polar surface area (TPSA) is 72.7 Å². The summed E-state index contributed by atoms with van der Waals surface area (Å²) in [5.74, 6) is 0.113. The number of methoxy groups -OCH3 is 1. The molecule has 0 bridgehead atoms. The van der Waals surface area contributed by atoms with Crippen LogP contribution in [-0.2, 0) is 4.74 Å². The van der Waals surface area contributed by atoms with Crippen LogP contribution in [0, 0.1) is 17.0 Å². The van der Waals surface area contributed by atoms with Crippen molar-refractivity contribution in [1.82, 2.24) is 4.90 Å². The Morgan fingerprint density at radius 1 is 1.45 bits per heavy atom. The molecule has 1 rings (SSSR count). The first-order valence-electron chi connectivity index (χ1n) is 6.10. The highest BCUT2D eigenvalue weighted by atomic mass is 35.5. The zero-order valence-corrected chi connectivity index (χ0v) is 12.2. The Balaban J connectivity index is 2.94. The number of rotatable bonds is 7. The van der Waals surface area contributed by atoms with Crippen LogP contribution in [0.2, 0.25) is 0 Å². The molecule has 0 saturated carbocycles. The number of carbonyl (C=O) groups excluding carboxylic acids is 1. The van der Waals surface area contributed by atoms with Gasteiger partial charge >= 0.3 is 0 Å². The zero-order chi connectivity index (χ0) is 15.1. The monoisotopic (exact) mass is 300 g/mol. The van der Waals surface area contributed by atoms with Gasteiger partial charge in [-0.3, -0.25) is 14.9 Å². The first-order valence-corrected chi connectivity index (χ1v) is 6.64. The number of halogens is 1. The third kappa shape index (κ3) is 4.18. The molecule has 0 aliphatic carbocycles. The Hall–Kier alpha value is -1.66. The standard InChI is InChI=1S/C13H17ClN2O4/c1-10-9-11(3-4-12(10)16(18)19)13(17)15(6-5-14)7-8-20-2/h3-4,9H,5-8H2,1-2H3. The van der Waals surface area contributed by atoms with E-state index < -0.39 is 4.92 Å². The van der Waals surface area contributed by atoms with Gasteiger partial charge < -0.3 is 9.64 Å². The molecule has 1 amide bonds. The second kappa shape index (κ2) is 7.81. The first-order chi connectivity index (χ1) is 9.51. The van der Waals surface area contributed by atoms with E-state index >= 15 is 0 Å². The molecule has 1 aromatic carbocycles. The normalized spacial score (nSPS) is 10.3. The second-order valence-corrected chi connectivity index (χ2v) is 4.61. The Bertz CT molecular complexity index is 493. The van der Waals surface area contributed by atoms with Gasteiger partial charge in [0.05, 0.1) is 11.5 Å². The van der Waals surface area contributed by atoms with Crippen LogP contribution >= 0.6 is 11.6 Å². The average molecular weight is 301 g/mol. The molecule has 0 N–H and O–H groups in total. The minimum Gasteiger partial charge on any atom is -0.383 e. The summed E-state index contributed by atoms with van der Waals surface area (Å²) in [6, 6.07) is 4.33. The molecule has 7 heteroatoms. The van der Waals surface area contributed by atoms with Crippen molar-refractivity contribution >= 4 is 23.2 Å². The molecule has 0 atom stereocenters. The summed E-state index contributed by atoms with van der Waals surface area (Å²) in [5.41, 5.74) is 0.870. The maximum atomic E-state index is 12.3. The van der Waals surface area contributed by atoms with E-state index in [2.05, 4.69) is 0 Å². The summed E-state index contributed by atoms with van der Waals surface area (Å²) in [5, 5.41) is 10.8. The molecule has 0 aliphatic heterocycles. The van der Waals surface area contributed by atoms with Crippen LogP contribution in [0.3, 0.4) is 0 Å². The van der Waals surface area contributed by atoms with E-state index in [1.807, 2.05) is 0 Å². The first kappa shape index (κ1) is 16.4. The molecule has 0 fully saturated rings. The highest BCUT2D eigenvalue weighted by Gasteiger charge is 2.18. The minimum absolute atomic E-state index is 0.00216. The van der Waals surface area contributed by atoms with Gasteiger partial charge in [0.25, 0.3) is 11.6 Å². The van der Waals surface area contributed by atoms with E-state index in [-0.39, 0.29) is 11.6 Å². The number of ether oxygens (including phenoxy) is 1. The predicted molar refractivity (Wildman–Crippen MR) is 76.3 cm³/mol. The van der Waals surface area contributed by atoms with E-state index in [0.29, 0.717) is 36.7 Å². The molecule has 20 heavy (non-hydrogen) atoms. The number of aryl methyl sites for hydroxylation is 1. The molecule has 0 heterocycles. The van der Waals surface area contributed by atoms with Crippen LogP contribution in [-0.4, -0.2) is 48.4 Å². The Morgan fingerprint density at radius 2 is 2.15 bits per heavy atom. The van der Waals surface area contributed by atoms with Crippen LogP contribution in [0.5, 0.6) is 0 Å². The summed E-state index contributed by atoms with van der Waals surface area (Å²) in [6.07, 6.45) is 0. The number of nitro groups is 1. The number of amides is 1. The number of carbonyl (C=O) groups is 1. The summed E-state index contributed by atoms with van der Waals surface area (Å²) >= 11 is 5.68. The van der Waals surface area contributed by atoms with E-state index in [0.717, 1.165) is 0 Å². The van der Waals surface area contributed by atoms with Gasteiger partial charge in [0, 0.05) is 43.3 Å². The van der Waals surface area contributed by atoms with Gasteiger partial charge in [-0.1, -0.05) is 0 Å². The molecule has 6 nitrogen and oxygen atoms in total. The number of benzene rings is 1. The van der Waals surface area contributed by atoms with Crippen LogP contribution in [0.4, 0.5) is 5.69 Å². The third-order valence-corrected chi connectivity index (χ3v) is 3.02. The maximum absolute atomic E-state index is 12.3. The van der Waals surface area contributed by atoms with Crippen molar-refractivity contribution < 1.29 is 14.5 Å². The third-order valence-electron chi connectivity index (χ3n) is 2.85. The molecule has 110 valence electrons. The van der Waals surface area contributed by atoms with Gasteiger partial charge in [-0.15, -0.1) is 11.6 Å². The van der Waals surface area contributed by atoms with Gasteiger partial charge in [-0.2, -0.15) is 0 Å². The van der Waals surface area contributed by atoms with Crippen molar-refractivity contribution in [2.24, 2.45) is 0 Å². The van der Waals surface area contributed by atoms with Gasteiger partial charge in [0.15, 0.2) is 0 Å². The van der Waals surface area contributed by atoms with E-state index in [1.54, 1.807) is 18.9 Å². The summed E-state index contributed by atoms with van der Waals surface area (Å²) in [6.45, 7) is 2.85. The lowest BCUT2D eigenvalue weighted by Gasteiger charge is -2.21. The largest absolute Gasteiger partial charge is 0.383 e. The SMILES string of the molecule is COCCN(CCCl)C(=O)c1ccc([N+](=O)[O-])c(C)c1. The molecule has 1 aromatic rings. The average Bonchev–Trinajstić information content (AvgIpc) is 2.42. The number of nitrogens with zero attached hydrogens (tertiary/aromatic N) is 2. The van der Waals surface area contributed by atoms with Crippen molar-refractivity contribution in [3.8, 4) is 0 Å². The van der Waals surface area contributed by atoms with Gasteiger partial charge in [0.2, 0.25) is 0 Å². The fourth-order valence-corrected chi connectivity index (χ4v) is 2.00. The molecule has 0 aromatic heterocycles. The molecule has 0 spiro atoms. The highest BCUT2D eigenvalue weighted by molar-refractivity contribution is 6.18. The molecule has 0 saturated heterocycles. The lowest BCUT2D eigenvalue weighted by molar-refractivity contribution is -0.385. The predicted octanol–water partition coefficient (Wildman–Crippen LogP) is 2.23. The van der Waals surface area contributed by atoms with Gasteiger partial charge in [-0.05, 0) is 19.1 Å². The van der Waals surface area contributed by atoms with Crippen molar-refractivity contribution in [3.63, 3.8) is 0 Å². The van der Waals surface area contributed by atoms with Gasteiger partial charge in [-0.25, -0.2) is 0 Å². The lowest BCUT2D eigenvalue weighted by atomic mass is 10.1.